The van der Waals surface area contributed by atoms with Crippen LogP contribution < -0.4 is 11.1 Å². The van der Waals surface area contributed by atoms with E-state index in [0.29, 0.717) is 23.7 Å². The van der Waals surface area contributed by atoms with Crippen LogP contribution in [-0.2, 0) is 0 Å². The standard InChI is InChI=1S/C11H12ClIN2O/c12-9-7-8(3-4-10(9)13)11(16)15-6-2-1-5-14/h1-4,7H,5-6,14H2,(H,15,16)/b2-1+. The summed E-state index contributed by atoms with van der Waals surface area (Å²) in [7, 11) is 0. The smallest absolute Gasteiger partial charge is 0.251 e. The average molecular weight is 351 g/mol. The Balaban J connectivity index is 2.59. The van der Waals surface area contributed by atoms with Crippen molar-refractivity contribution >= 4 is 40.1 Å². The van der Waals surface area contributed by atoms with Gasteiger partial charge in [-0.15, -0.1) is 0 Å². The molecule has 0 atom stereocenters. The first-order valence-corrected chi connectivity index (χ1v) is 6.19. The third-order valence-corrected chi connectivity index (χ3v) is 3.44. The summed E-state index contributed by atoms with van der Waals surface area (Å²) in [5.41, 5.74) is 5.84. The van der Waals surface area contributed by atoms with E-state index in [9.17, 15) is 4.79 Å². The van der Waals surface area contributed by atoms with Crippen LogP contribution in [0.15, 0.2) is 30.4 Å². The van der Waals surface area contributed by atoms with Crippen molar-refractivity contribution in [3.63, 3.8) is 0 Å². The highest BCUT2D eigenvalue weighted by atomic mass is 127. The molecule has 0 bridgehead atoms. The Labute approximate surface area is 113 Å². The van der Waals surface area contributed by atoms with Gasteiger partial charge in [0.15, 0.2) is 0 Å². The molecule has 3 N–H and O–H groups in total. The van der Waals surface area contributed by atoms with Crippen molar-refractivity contribution in [3.8, 4) is 0 Å². The lowest BCUT2D eigenvalue weighted by molar-refractivity contribution is 0.0958. The highest BCUT2D eigenvalue weighted by Crippen LogP contribution is 2.19. The lowest BCUT2D eigenvalue weighted by Crippen LogP contribution is -2.23. The molecule has 0 aliphatic rings. The predicted molar refractivity (Wildman–Crippen MR) is 74.7 cm³/mol. The third-order valence-electron chi connectivity index (χ3n) is 1.87. The number of halogens is 2. The number of nitrogens with two attached hydrogens (primary N) is 1. The van der Waals surface area contributed by atoms with Gasteiger partial charge in [-0.25, -0.2) is 0 Å². The second-order valence-corrected chi connectivity index (χ2v) is 4.62. The van der Waals surface area contributed by atoms with Gasteiger partial charge < -0.3 is 11.1 Å². The Morgan fingerprint density at radius 1 is 1.50 bits per heavy atom. The second kappa shape index (κ2) is 6.88. The summed E-state index contributed by atoms with van der Waals surface area (Å²) < 4.78 is 0.929. The molecule has 0 heterocycles. The van der Waals surface area contributed by atoms with E-state index in [1.54, 1.807) is 18.2 Å². The summed E-state index contributed by atoms with van der Waals surface area (Å²) >= 11 is 8.04. The zero-order chi connectivity index (χ0) is 12.0. The molecule has 0 spiro atoms. The number of hydrogen-bond acceptors (Lipinski definition) is 2. The molecule has 0 aromatic heterocycles. The lowest BCUT2D eigenvalue weighted by Gasteiger charge is -2.03. The lowest BCUT2D eigenvalue weighted by atomic mass is 10.2. The minimum atomic E-state index is -0.139. The molecule has 0 unspecified atom stereocenters. The fourth-order valence-corrected chi connectivity index (χ4v) is 1.59. The van der Waals surface area contributed by atoms with Crippen molar-refractivity contribution in [1.82, 2.24) is 5.32 Å². The van der Waals surface area contributed by atoms with Crippen LogP contribution in [0.4, 0.5) is 0 Å². The molecular formula is C11H12ClIN2O. The van der Waals surface area contributed by atoms with Crippen molar-refractivity contribution in [1.29, 1.82) is 0 Å². The zero-order valence-electron chi connectivity index (χ0n) is 8.54. The van der Waals surface area contributed by atoms with E-state index in [1.165, 1.54) is 0 Å². The van der Waals surface area contributed by atoms with Gasteiger partial charge >= 0.3 is 0 Å². The normalized spacial score (nSPS) is 10.7. The van der Waals surface area contributed by atoms with Gasteiger partial charge in [-0.3, -0.25) is 4.79 Å². The molecule has 5 heteroatoms. The van der Waals surface area contributed by atoms with E-state index in [1.807, 2.05) is 12.1 Å². The second-order valence-electron chi connectivity index (χ2n) is 3.05. The van der Waals surface area contributed by atoms with Gasteiger partial charge in [0.2, 0.25) is 0 Å². The first-order valence-electron chi connectivity index (χ1n) is 4.73. The quantitative estimate of drug-likeness (QED) is 0.646. The minimum absolute atomic E-state index is 0.139. The minimum Gasteiger partial charge on any atom is -0.349 e. The number of carbonyl (C=O) groups is 1. The molecule has 1 aromatic rings. The summed E-state index contributed by atoms with van der Waals surface area (Å²) in [5, 5.41) is 3.33. The van der Waals surface area contributed by atoms with Gasteiger partial charge in [0.05, 0.1) is 5.02 Å². The van der Waals surface area contributed by atoms with Gasteiger partial charge in [0.25, 0.3) is 5.91 Å². The van der Waals surface area contributed by atoms with Crippen LogP contribution in [0, 0.1) is 3.57 Å². The van der Waals surface area contributed by atoms with Crippen LogP contribution in [0.25, 0.3) is 0 Å². The summed E-state index contributed by atoms with van der Waals surface area (Å²) in [6, 6.07) is 5.22. The number of benzene rings is 1. The molecule has 0 saturated carbocycles. The van der Waals surface area contributed by atoms with Crippen LogP contribution in [0.3, 0.4) is 0 Å². The Hall–Kier alpha value is -0.590. The molecule has 16 heavy (non-hydrogen) atoms. The number of nitrogens with one attached hydrogen (secondary N) is 1. The van der Waals surface area contributed by atoms with Crippen LogP contribution in [0.2, 0.25) is 5.02 Å². The topological polar surface area (TPSA) is 55.1 Å². The molecule has 0 radical (unpaired) electrons. The molecule has 0 aliphatic heterocycles. The Morgan fingerprint density at radius 2 is 2.25 bits per heavy atom. The van der Waals surface area contributed by atoms with Crippen molar-refractivity contribution in [2.75, 3.05) is 13.1 Å². The molecule has 86 valence electrons. The average Bonchev–Trinajstić information content (AvgIpc) is 2.28. The van der Waals surface area contributed by atoms with Gasteiger partial charge in [0.1, 0.15) is 0 Å². The molecule has 0 saturated heterocycles. The van der Waals surface area contributed by atoms with E-state index < -0.39 is 0 Å². The summed E-state index contributed by atoms with van der Waals surface area (Å²) in [6.07, 6.45) is 3.60. The monoisotopic (exact) mass is 350 g/mol. The number of carbonyl (C=O) groups excluding carboxylic acids is 1. The first kappa shape index (κ1) is 13.5. The summed E-state index contributed by atoms with van der Waals surface area (Å²) in [4.78, 5) is 11.6. The summed E-state index contributed by atoms with van der Waals surface area (Å²) in [6.45, 7) is 0.949. The highest BCUT2D eigenvalue weighted by molar-refractivity contribution is 14.1. The van der Waals surface area contributed by atoms with Crippen molar-refractivity contribution in [2.45, 2.75) is 0 Å². The SMILES string of the molecule is NC/C=C/CNC(=O)c1ccc(I)c(Cl)c1. The van der Waals surface area contributed by atoms with Crippen LogP contribution in [0.5, 0.6) is 0 Å². The molecular weight excluding hydrogens is 338 g/mol. The van der Waals surface area contributed by atoms with Gasteiger partial charge in [0, 0.05) is 22.2 Å². The molecule has 0 fully saturated rings. The maximum atomic E-state index is 11.6. The van der Waals surface area contributed by atoms with Crippen LogP contribution in [0.1, 0.15) is 10.4 Å². The van der Waals surface area contributed by atoms with Crippen molar-refractivity contribution in [2.24, 2.45) is 5.73 Å². The first-order chi connectivity index (χ1) is 7.65. The van der Waals surface area contributed by atoms with Crippen molar-refractivity contribution < 1.29 is 4.79 Å². The fourth-order valence-electron chi connectivity index (χ4n) is 1.07. The van der Waals surface area contributed by atoms with Crippen LogP contribution in [-0.4, -0.2) is 19.0 Å². The maximum absolute atomic E-state index is 11.6. The van der Waals surface area contributed by atoms with Crippen LogP contribution >= 0.6 is 34.2 Å². The molecule has 1 amide bonds. The molecule has 1 aromatic carbocycles. The maximum Gasteiger partial charge on any atom is 0.251 e. The predicted octanol–water partition coefficient (Wildman–Crippen LogP) is 2.19. The van der Waals surface area contributed by atoms with E-state index >= 15 is 0 Å². The third kappa shape index (κ3) is 4.11. The van der Waals surface area contributed by atoms with E-state index in [0.717, 1.165) is 3.57 Å². The number of amides is 1. The zero-order valence-corrected chi connectivity index (χ0v) is 11.5. The Kier molecular flexibility index (Phi) is 5.79. The Morgan fingerprint density at radius 3 is 2.88 bits per heavy atom. The van der Waals surface area contributed by atoms with Gasteiger partial charge in [-0.1, -0.05) is 23.8 Å². The van der Waals surface area contributed by atoms with Crippen molar-refractivity contribution in [3.05, 3.63) is 44.5 Å². The number of rotatable bonds is 4. The molecule has 3 nitrogen and oxygen atoms in total. The number of hydrogen-bond donors (Lipinski definition) is 2. The summed E-state index contributed by atoms with van der Waals surface area (Å²) in [5.74, 6) is -0.139. The van der Waals surface area contributed by atoms with E-state index in [2.05, 4.69) is 27.9 Å². The van der Waals surface area contributed by atoms with Gasteiger partial charge in [-0.2, -0.15) is 0 Å². The van der Waals surface area contributed by atoms with E-state index in [-0.39, 0.29) is 5.91 Å². The highest BCUT2D eigenvalue weighted by Gasteiger charge is 2.06. The largest absolute Gasteiger partial charge is 0.349 e. The molecule has 1 rings (SSSR count). The van der Waals surface area contributed by atoms with E-state index in [4.69, 9.17) is 17.3 Å². The fraction of sp³-hybridized carbons (Fsp3) is 0.182. The molecule has 0 aliphatic carbocycles. The van der Waals surface area contributed by atoms with Gasteiger partial charge in [-0.05, 0) is 40.8 Å². The Bertz CT molecular complexity index is 407.